The molecule has 0 atom stereocenters. The van der Waals surface area contributed by atoms with Crippen molar-refractivity contribution in [2.24, 2.45) is 0 Å². The number of rotatable bonds is 6. The molecule has 1 aromatic heterocycles. The molecule has 0 aliphatic rings. The normalized spacial score (nSPS) is 10.5. The summed E-state index contributed by atoms with van der Waals surface area (Å²) in [6.45, 7) is 5.86. The lowest BCUT2D eigenvalue weighted by Gasteiger charge is -2.08. The Hall–Kier alpha value is -2.04. The Labute approximate surface area is 113 Å². The van der Waals surface area contributed by atoms with E-state index in [1.165, 1.54) is 5.56 Å². The van der Waals surface area contributed by atoms with Crippen LogP contribution in [0.1, 0.15) is 25.2 Å². The van der Waals surface area contributed by atoms with Crippen molar-refractivity contribution in [3.05, 3.63) is 35.7 Å². The van der Waals surface area contributed by atoms with Crippen LogP contribution in [-0.4, -0.2) is 28.4 Å². The van der Waals surface area contributed by atoms with E-state index in [0.29, 0.717) is 0 Å². The molecule has 0 saturated carbocycles. The van der Waals surface area contributed by atoms with E-state index in [2.05, 4.69) is 46.1 Å². The van der Waals surface area contributed by atoms with Crippen LogP contribution in [0.4, 0.5) is 5.95 Å². The van der Waals surface area contributed by atoms with Gasteiger partial charge in [0.25, 0.3) is 0 Å². The lowest BCUT2D eigenvalue weighted by molar-refractivity contribution is 0.414. The molecule has 0 unspecified atom stereocenters. The van der Waals surface area contributed by atoms with Crippen LogP contribution in [0, 0.1) is 0 Å². The molecule has 0 bridgehead atoms. The number of aromatic nitrogens is 3. The summed E-state index contributed by atoms with van der Waals surface area (Å²) in [7, 11) is 1.67. The molecule has 1 N–H and O–H groups in total. The highest BCUT2D eigenvalue weighted by atomic mass is 16.5. The van der Waals surface area contributed by atoms with Gasteiger partial charge in [0.05, 0.1) is 7.11 Å². The first-order chi connectivity index (χ1) is 9.28. The quantitative estimate of drug-likeness (QED) is 0.866. The monoisotopic (exact) mass is 260 g/mol. The minimum Gasteiger partial charge on any atom is -0.497 e. The number of benzene rings is 1. The van der Waals surface area contributed by atoms with E-state index in [4.69, 9.17) is 4.74 Å². The molecule has 5 heteroatoms. The molecule has 5 nitrogen and oxygen atoms in total. The minimum absolute atomic E-state index is 0.774. The van der Waals surface area contributed by atoms with Crippen LogP contribution in [0.15, 0.2) is 24.3 Å². The first-order valence-corrected chi connectivity index (χ1v) is 6.57. The number of hydrogen-bond acceptors (Lipinski definition) is 4. The van der Waals surface area contributed by atoms with Gasteiger partial charge in [-0.15, -0.1) is 10.2 Å². The molecule has 0 radical (unpaired) electrons. The van der Waals surface area contributed by atoms with Crippen LogP contribution in [0.5, 0.6) is 5.75 Å². The van der Waals surface area contributed by atoms with Gasteiger partial charge in [-0.2, -0.15) is 0 Å². The van der Waals surface area contributed by atoms with E-state index in [1.807, 2.05) is 12.1 Å². The van der Waals surface area contributed by atoms with Gasteiger partial charge in [-0.05, 0) is 31.5 Å². The van der Waals surface area contributed by atoms with Gasteiger partial charge in [0.2, 0.25) is 5.95 Å². The smallest absolute Gasteiger partial charge is 0.224 e. The number of nitrogens with zero attached hydrogens (tertiary/aromatic N) is 3. The van der Waals surface area contributed by atoms with Gasteiger partial charge < -0.3 is 10.1 Å². The van der Waals surface area contributed by atoms with Crippen LogP contribution in [-0.2, 0) is 13.0 Å². The summed E-state index contributed by atoms with van der Waals surface area (Å²) in [5.41, 5.74) is 1.20. The highest BCUT2D eigenvalue weighted by Crippen LogP contribution is 2.16. The lowest BCUT2D eigenvalue weighted by Crippen LogP contribution is -2.08. The molecule has 2 aromatic rings. The molecule has 1 aromatic carbocycles. The summed E-state index contributed by atoms with van der Waals surface area (Å²) < 4.78 is 7.26. The SMILES string of the molecule is CCNc1nnc(Cc2ccc(OC)cc2)n1CC. The molecule has 2 rings (SSSR count). The van der Waals surface area contributed by atoms with E-state index in [1.54, 1.807) is 7.11 Å². The third-order valence-corrected chi connectivity index (χ3v) is 3.00. The largest absolute Gasteiger partial charge is 0.497 e. The van der Waals surface area contributed by atoms with E-state index in [0.717, 1.165) is 37.0 Å². The fourth-order valence-corrected chi connectivity index (χ4v) is 2.01. The molecule has 19 heavy (non-hydrogen) atoms. The minimum atomic E-state index is 0.774. The Morgan fingerprint density at radius 3 is 2.47 bits per heavy atom. The summed E-state index contributed by atoms with van der Waals surface area (Å²) in [5, 5.41) is 11.7. The molecule has 0 spiro atoms. The molecule has 1 heterocycles. The Morgan fingerprint density at radius 1 is 1.16 bits per heavy atom. The number of ether oxygens (including phenoxy) is 1. The Morgan fingerprint density at radius 2 is 1.89 bits per heavy atom. The van der Waals surface area contributed by atoms with Gasteiger partial charge in [-0.25, -0.2) is 0 Å². The average Bonchev–Trinajstić information content (AvgIpc) is 2.82. The molecular formula is C14H20N4O. The van der Waals surface area contributed by atoms with Crippen molar-refractivity contribution in [1.82, 2.24) is 14.8 Å². The summed E-state index contributed by atoms with van der Waals surface area (Å²) in [4.78, 5) is 0. The fraction of sp³-hybridized carbons (Fsp3) is 0.429. The second kappa shape index (κ2) is 6.22. The topological polar surface area (TPSA) is 52.0 Å². The molecule has 0 aliphatic heterocycles. The van der Waals surface area contributed by atoms with Crippen LogP contribution in [0.2, 0.25) is 0 Å². The maximum Gasteiger partial charge on any atom is 0.224 e. The molecular weight excluding hydrogens is 240 g/mol. The van der Waals surface area contributed by atoms with Gasteiger partial charge in [-0.1, -0.05) is 12.1 Å². The average molecular weight is 260 g/mol. The standard InChI is InChI=1S/C14H20N4O/c1-4-15-14-17-16-13(18(14)5-2)10-11-6-8-12(19-3)9-7-11/h6-9H,4-5,10H2,1-3H3,(H,15,17). The summed E-state index contributed by atoms with van der Waals surface area (Å²) in [6, 6.07) is 8.04. The Balaban J connectivity index is 2.17. The van der Waals surface area contributed by atoms with Gasteiger partial charge >= 0.3 is 0 Å². The van der Waals surface area contributed by atoms with E-state index >= 15 is 0 Å². The van der Waals surface area contributed by atoms with Crippen molar-refractivity contribution in [3.8, 4) is 5.75 Å². The van der Waals surface area contributed by atoms with Crippen LogP contribution in [0.3, 0.4) is 0 Å². The van der Waals surface area contributed by atoms with Crippen molar-refractivity contribution in [2.75, 3.05) is 19.0 Å². The third-order valence-electron chi connectivity index (χ3n) is 3.00. The molecule has 102 valence electrons. The molecule has 0 saturated heterocycles. The van der Waals surface area contributed by atoms with Crippen molar-refractivity contribution >= 4 is 5.95 Å². The second-order valence-electron chi connectivity index (χ2n) is 4.24. The maximum absolute atomic E-state index is 5.16. The third kappa shape index (κ3) is 3.05. The predicted molar refractivity (Wildman–Crippen MR) is 75.7 cm³/mol. The number of methoxy groups -OCH3 is 1. The maximum atomic E-state index is 5.16. The first kappa shape index (κ1) is 13.4. The number of nitrogens with one attached hydrogen (secondary N) is 1. The predicted octanol–water partition coefficient (Wildman–Crippen LogP) is 2.33. The zero-order chi connectivity index (χ0) is 13.7. The van der Waals surface area contributed by atoms with Gasteiger partial charge in [0.1, 0.15) is 11.6 Å². The van der Waals surface area contributed by atoms with E-state index in [-0.39, 0.29) is 0 Å². The van der Waals surface area contributed by atoms with Crippen molar-refractivity contribution in [2.45, 2.75) is 26.8 Å². The number of anilines is 1. The van der Waals surface area contributed by atoms with Crippen LogP contribution in [0.25, 0.3) is 0 Å². The Kier molecular flexibility index (Phi) is 4.39. The molecule has 0 fully saturated rings. The summed E-state index contributed by atoms with van der Waals surface area (Å²) in [6.07, 6.45) is 0.774. The fourth-order valence-electron chi connectivity index (χ4n) is 2.01. The van der Waals surface area contributed by atoms with E-state index in [9.17, 15) is 0 Å². The van der Waals surface area contributed by atoms with Gasteiger partial charge in [0.15, 0.2) is 0 Å². The summed E-state index contributed by atoms with van der Waals surface area (Å²) in [5.74, 6) is 2.69. The van der Waals surface area contributed by atoms with Crippen molar-refractivity contribution in [1.29, 1.82) is 0 Å². The van der Waals surface area contributed by atoms with Crippen LogP contribution >= 0.6 is 0 Å². The van der Waals surface area contributed by atoms with E-state index < -0.39 is 0 Å². The van der Waals surface area contributed by atoms with Crippen LogP contribution < -0.4 is 10.1 Å². The summed E-state index contributed by atoms with van der Waals surface area (Å²) >= 11 is 0. The lowest BCUT2D eigenvalue weighted by atomic mass is 10.1. The zero-order valence-electron chi connectivity index (χ0n) is 11.7. The Bertz CT molecular complexity index is 519. The van der Waals surface area contributed by atoms with Crippen molar-refractivity contribution in [3.63, 3.8) is 0 Å². The number of hydrogen-bond donors (Lipinski definition) is 1. The second-order valence-corrected chi connectivity index (χ2v) is 4.24. The molecule has 0 amide bonds. The zero-order valence-corrected chi connectivity index (χ0v) is 11.7. The molecule has 0 aliphatic carbocycles. The first-order valence-electron chi connectivity index (χ1n) is 6.57. The van der Waals surface area contributed by atoms with Gasteiger partial charge in [-0.3, -0.25) is 4.57 Å². The van der Waals surface area contributed by atoms with Crippen molar-refractivity contribution < 1.29 is 4.74 Å². The highest BCUT2D eigenvalue weighted by molar-refractivity contribution is 5.31. The highest BCUT2D eigenvalue weighted by Gasteiger charge is 2.10. The van der Waals surface area contributed by atoms with Gasteiger partial charge in [0, 0.05) is 19.5 Å².